The van der Waals surface area contributed by atoms with E-state index in [1.807, 2.05) is 6.07 Å². The minimum Gasteiger partial charge on any atom is -0.381 e. The summed E-state index contributed by atoms with van der Waals surface area (Å²) in [7, 11) is 0. The SMILES string of the molecule is N#Cc1cn(Cc2cccc(F)c2)nc1N. The van der Waals surface area contributed by atoms with Crippen molar-refractivity contribution >= 4 is 5.82 Å². The van der Waals surface area contributed by atoms with Crippen LogP contribution in [-0.2, 0) is 6.54 Å². The van der Waals surface area contributed by atoms with Gasteiger partial charge in [0.05, 0.1) is 6.54 Å². The molecule has 0 spiro atoms. The number of nitriles is 1. The largest absolute Gasteiger partial charge is 0.381 e. The number of nitrogens with zero attached hydrogens (tertiary/aromatic N) is 3. The number of benzene rings is 1. The van der Waals surface area contributed by atoms with Crippen LogP contribution >= 0.6 is 0 Å². The first-order chi connectivity index (χ1) is 7.69. The molecule has 0 atom stereocenters. The smallest absolute Gasteiger partial charge is 0.163 e. The molecule has 80 valence electrons. The molecule has 0 fully saturated rings. The Morgan fingerprint density at radius 1 is 1.50 bits per heavy atom. The lowest BCUT2D eigenvalue weighted by Crippen LogP contribution is -2.01. The van der Waals surface area contributed by atoms with E-state index >= 15 is 0 Å². The quantitative estimate of drug-likeness (QED) is 0.827. The number of nitrogens with two attached hydrogens (primary N) is 1. The molecule has 0 saturated heterocycles. The number of anilines is 1. The van der Waals surface area contributed by atoms with Crippen molar-refractivity contribution < 1.29 is 4.39 Å². The molecule has 0 aliphatic rings. The lowest BCUT2D eigenvalue weighted by molar-refractivity contribution is 0.619. The summed E-state index contributed by atoms with van der Waals surface area (Å²) in [6.45, 7) is 0.392. The standard InChI is InChI=1S/C11H9FN4/c12-10-3-1-2-8(4-10)6-16-7-9(5-13)11(14)15-16/h1-4,7H,6H2,(H2,14,15). The second-order valence-electron chi connectivity index (χ2n) is 3.37. The van der Waals surface area contributed by atoms with Gasteiger partial charge in [0.1, 0.15) is 17.4 Å². The zero-order chi connectivity index (χ0) is 11.5. The van der Waals surface area contributed by atoms with Gasteiger partial charge in [-0.15, -0.1) is 0 Å². The van der Waals surface area contributed by atoms with Crippen molar-refractivity contribution in [2.45, 2.75) is 6.54 Å². The van der Waals surface area contributed by atoms with E-state index in [1.165, 1.54) is 16.8 Å². The summed E-state index contributed by atoms with van der Waals surface area (Å²) in [6, 6.07) is 8.14. The molecule has 0 radical (unpaired) electrons. The van der Waals surface area contributed by atoms with Crippen LogP contribution in [0, 0.1) is 17.1 Å². The Bertz CT molecular complexity index is 553. The molecule has 1 aromatic carbocycles. The van der Waals surface area contributed by atoms with E-state index in [2.05, 4.69) is 5.10 Å². The van der Waals surface area contributed by atoms with Crippen LogP contribution in [0.15, 0.2) is 30.5 Å². The van der Waals surface area contributed by atoms with Gasteiger partial charge in [0, 0.05) is 6.20 Å². The molecule has 0 amide bonds. The number of rotatable bonds is 2. The average Bonchev–Trinajstić information content (AvgIpc) is 2.58. The van der Waals surface area contributed by atoms with E-state index in [-0.39, 0.29) is 11.6 Å². The highest BCUT2D eigenvalue weighted by atomic mass is 19.1. The summed E-state index contributed by atoms with van der Waals surface area (Å²) < 4.78 is 14.4. The summed E-state index contributed by atoms with van der Waals surface area (Å²) in [4.78, 5) is 0. The van der Waals surface area contributed by atoms with Crippen LogP contribution in [0.2, 0.25) is 0 Å². The lowest BCUT2D eigenvalue weighted by Gasteiger charge is -2.01. The van der Waals surface area contributed by atoms with E-state index in [0.717, 1.165) is 5.56 Å². The van der Waals surface area contributed by atoms with Crippen LogP contribution in [0.25, 0.3) is 0 Å². The Kier molecular flexibility index (Phi) is 2.56. The summed E-state index contributed by atoms with van der Waals surface area (Å²) in [5.74, 6) is -0.1000. The van der Waals surface area contributed by atoms with Gasteiger partial charge in [-0.2, -0.15) is 10.4 Å². The van der Waals surface area contributed by atoms with Gasteiger partial charge >= 0.3 is 0 Å². The van der Waals surface area contributed by atoms with Crippen molar-refractivity contribution in [3.05, 3.63) is 47.4 Å². The number of aromatic nitrogens is 2. The normalized spacial score (nSPS) is 10.0. The maximum atomic E-state index is 12.9. The zero-order valence-corrected chi connectivity index (χ0v) is 8.39. The summed E-state index contributed by atoms with van der Waals surface area (Å²) >= 11 is 0. The second-order valence-corrected chi connectivity index (χ2v) is 3.37. The highest BCUT2D eigenvalue weighted by molar-refractivity contribution is 5.46. The van der Waals surface area contributed by atoms with Gasteiger partial charge in [-0.3, -0.25) is 4.68 Å². The molecule has 0 unspecified atom stereocenters. The molecule has 4 nitrogen and oxygen atoms in total. The van der Waals surface area contributed by atoms with Crippen molar-refractivity contribution in [2.24, 2.45) is 0 Å². The predicted molar refractivity (Wildman–Crippen MR) is 56.9 cm³/mol. The summed E-state index contributed by atoms with van der Waals surface area (Å²) in [5.41, 5.74) is 6.61. The van der Waals surface area contributed by atoms with Crippen molar-refractivity contribution in [1.82, 2.24) is 9.78 Å². The van der Waals surface area contributed by atoms with Crippen LogP contribution in [-0.4, -0.2) is 9.78 Å². The molecular formula is C11H9FN4. The minimum absolute atomic E-state index is 0.193. The van der Waals surface area contributed by atoms with Crippen LogP contribution in [0.4, 0.5) is 10.2 Å². The van der Waals surface area contributed by atoms with E-state index in [1.54, 1.807) is 18.3 Å². The van der Waals surface area contributed by atoms with Crippen molar-refractivity contribution in [3.8, 4) is 6.07 Å². The van der Waals surface area contributed by atoms with Crippen molar-refractivity contribution in [2.75, 3.05) is 5.73 Å². The van der Waals surface area contributed by atoms with E-state index in [9.17, 15) is 4.39 Å². The lowest BCUT2D eigenvalue weighted by atomic mass is 10.2. The highest BCUT2D eigenvalue weighted by Crippen LogP contribution is 2.10. The van der Waals surface area contributed by atoms with Gasteiger partial charge in [-0.25, -0.2) is 4.39 Å². The third kappa shape index (κ3) is 2.01. The molecule has 5 heteroatoms. The van der Waals surface area contributed by atoms with Crippen molar-refractivity contribution in [1.29, 1.82) is 5.26 Å². The van der Waals surface area contributed by atoms with Crippen molar-refractivity contribution in [3.63, 3.8) is 0 Å². The van der Waals surface area contributed by atoms with Crippen LogP contribution in [0.1, 0.15) is 11.1 Å². The maximum absolute atomic E-state index is 12.9. The monoisotopic (exact) mass is 216 g/mol. The molecule has 0 aliphatic heterocycles. The Morgan fingerprint density at radius 3 is 2.94 bits per heavy atom. The fraction of sp³-hybridized carbons (Fsp3) is 0.0909. The van der Waals surface area contributed by atoms with Crippen LogP contribution in [0.3, 0.4) is 0 Å². The molecule has 0 aliphatic carbocycles. The second kappa shape index (κ2) is 4.03. The molecule has 1 heterocycles. The molecule has 16 heavy (non-hydrogen) atoms. The van der Waals surface area contributed by atoms with E-state index in [0.29, 0.717) is 12.1 Å². The summed E-state index contributed by atoms with van der Waals surface area (Å²) in [6.07, 6.45) is 1.54. The number of nitrogen functional groups attached to an aromatic ring is 1. The first-order valence-corrected chi connectivity index (χ1v) is 4.66. The number of hydrogen-bond donors (Lipinski definition) is 1. The molecule has 2 rings (SSSR count). The van der Waals surface area contributed by atoms with Gasteiger partial charge in [-0.1, -0.05) is 12.1 Å². The third-order valence-electron chi connectivity index (χ3n) is 2.14. The fourth-order valence-electron chi connectivity index (χ4n) is 1.43. The molecule has 2 N–H and O–H groups in total. The summed E-state index contributed by atoms with van der Waals surface area (Å²) in [5, 5.41) is 12.7. The van der Waals surface area contributed by atoms with Gasteiger partial charge in [0.15, 0.2) is 5.82 Å². The van der Waals surface area contributed by atoms with E-state index in [4.69, 9.17) is 11.0 Å². The predicted octanol–water partition coefficient (Wildman–Crippen LogP) is 1.52. The maximum Gasteiger partial charge on any atom is 0.163 e. The van der Waals surface area contributed by atoms with Crippen LogP contribution in [0.5, 0.6) is 0 Å². The van der Waals surface area contributed by atoms with Gasteiger partial charge in [-0.05, 0) is 17.7 Å². The highest BCUT2D eigenvalue weighted by Gasteiger charge is 2.05. The zero-order valence-electron chi connectivity index (χ0n) is 8.39. The third-order valence-corrected chi connectivity index (χ3v) is 2.14. The Morgan fingerprint density at radius 2 is 2.31 bits per heavy atom. The van der Waals surface area contributed by atoms with Gasteiger partial charge in [0.25, 0.3) is 0 Å². The topological polar surface area (TPSA) is 67.6 Å². The first kappa shape index (κ1) is 10.2. The first-order valence-electron chi connectivity index (χ1n) is 4.66. The van der Waals surface area contributed by atoms with Gasteiger partial charge in [0.2, 0.25) is 0 Å². The Hall–Kier alpha value is -2.35. The van der Waals surface area contributed by atoms with Gasteiger partial charge < -0.3 is 5.73 Å². The van der Waals surface area contributed by atoms with E-state index < -0.39 is 0 Å². The molecule has 2 aromatic rings. The number of hydrogen-bond acceptors (Lipinski definition) is 3. The number of halogens is 1. The molecule has 0 bridgehead atoms. The molecular weight excluding hydrogens is 207 g/mol. The Labute approximate surface area is 91.7 Å². The molecule has 0 saturated carbocycles. The fourth-order valence-corrected chi connectivity index (χ4v) is 1.43. The Balaban J connectivity index is 2.24. The van der Waals surface area contributed by atoms with Crippen LogP contribution < -0.4 is 5.73 Å². The minimum atomic E-state index is -0.293. The molecule has 1 aromatic heterocycles. The average molecular weight is 216 g/mol.